The number of anilines is 1. The number of aliphatic hydroxyl groups excluding tert-OH is 2. The average Bonchev–Trinajstić information content (AvgIpc) is 3.18. The average molecular weight is 429 g/mol. The van der Waals surface area contributed by atoms with Crippen LogP contribution >= 0.6 is 0 Å². The lowest BCUT2D eigenvalue weighted by Gasteiger charge is -2.31. The zero-order valence-corrected chi connectivity index (χ0v) is 17.3. The molecule has 0 amide bonds. The first-order valence-corrected chi connectivity index (χ1v) is 11.2. The molecule has 1 aromatic carbocycles. The molecule has 2 aliphatic heterocycles. The van der Waals surface area contributed by atoms with E-state index in [0.717, 1.165) is 6.07 Å². The summed E-state index contributed by atoms with van der Waals surface area (Å²) in [4.78, 5) is 14.9. The first-order valence-electron chi connectivity index (χ1n) is 9.71. The van der Waals surface area contributed by atoms with Gasteiger partial charge in [-0.3, -0.25) is 10.1 Å². The van der Waals surface area contributed by atoms with Crippen LogP contribution in [0.3, 0.4) is 0 Å². The minimum atomic E-state index is -3.80. The second kappa shape index (κ2) is 8.92. The lowest BCUT2D eigenvalue weighted by atomic mass is 9.93. The van der Waals surface area contributed by atoms with Gasteiger partial charge in [0.2, 0.25) is 10.0 Å². The maximum atomic E-state index is 12.9. The second-order valence-electron chi connectivity index (χ2n) is 7.73. The highest BCUT2D eigenvalue weighted by Gasteiger charge is 2.34. The van der Waals surface area contributed by atoms with Crippen molar-refractivity contribution < 1.29 is 23.6 Å². The molecule has 0 aliphatic carbocycles. The van der Waals surface area contributed by atoms with E-state index in [4.69, 9.17) is 0 Å². The molecule has 0 radical (unpaired) electrons. The van der Waals surface area contributed by atoms with E-state index in [0.29, 0.717) is 51.4 Å². The van der Waals surface area contributed by atoms with Gasteiger partial charge in [-0.1, -0.05) is 0 Å². The fourth-order valence-corrected chi connectivity index (χ4v) is 5.44. The summed E-state index contributed by atoms with van der Waals surface area (Å²) in [7, 11) is -1.87. The van der Waals surface area contributed by atoms with Gasteiger partial charge < -0.3 is 20.0 Å². The van der Waals surface area contributed by atoms with Gasteiger partial charge in [0.05, 0.1) is 9.82 Å². The third kappa shape index (κ3) is 4.53. The van der Waals surface area contributed by atoms with Gasteiger partial charge >= 0.3 is 0 Å². The number of aliphatic hydroxyl groups is 2. The van der Waals surface area contributed by atoms with Gasteiger partial charge in [-0.2, -0.15) is 4.31 Å². The molecule has 1 aromatic rings. The number of sulfonamides is 1. The van der Waals surface area contributed by atoms with E-state index in [1.54, 1.807) is 0 Å². The number of nitro groups is 1. The van der Waals surface area contributed by atoms with Crippen molar-refractivity contribution in [1.82, 2.24) is 9.21 Å². The monoisotopic (exact) mass is 428 g/mol. The highest BCUT2D eigenvalue weighted by atomic mass is 32.2. The maximum Gasteiger partial charge on any atom is 0.293 e. The molecule has 0 spiro atoms. The van der Waals surface area contributed by atoms with E-state index in [9.17, 15) is 28.7 Å². The van der Waals surface area contributed by atoms with Gasteiger partial charge in [-0.15, -0.1) is 0 Å². The Bertz CT molecular complexity index is 837. The molecule has 3 rings (SSSR count). The fourth-order valence-electron chi connectivity index (χ4n) is 4.00. The van der Waals surface area contributed by atoms with Crippen molar-refractivity contribution in [3.8, 4) is 0 Å². The summed E-state index contributed by atoms with van der Waals surface area (Å²) in [5.74, 6) is -0.241. The Hall–Kier alpha value is -1.79. The number of rotatable bonds is 7. The van der Waals surface area contributed by atoms with Crippen LogP contribution < -0.4 is 4.90 Å². The van der Waals surface area contributed by atoms with E-state index in [-0.39, 0.29) is 35.6 Å². The summed E-state index contributed by atoms with van der Waals surface area (Å²) in [5, 5.41) is 30.5. The standard InChI is InChI=1S/C18H28N4O6S/c1-19-6-8-21(9-7-19)29(27,28)16-2-3-17(18(10-16)22(25)26)20-5-4-14(11-20)15(12-23)13-24/h2-3,10,14-15,23-24H,4-9,11-13H2,1H3/t14-/m0/s1. The Morgan fingerprint density at radius 2 is 1.83 bits per heavy atom. The van der Waals surface area contributed by atoms with E-state index < -0.39 is 14.9 Å². The molecule has 2 heterocycles. The van der Waals surface area contributed by atoms with E-state index >= 15 is 0 Å². The van der Waals surface area contributed by atoms with Crippen molar-refractivity contribution >= 4 is 21.4 Å². The minimum Gasteiger partial charge on any atom is -0.396 e. The van der Waals surface area contributed by atoms with Crippen LogP contribution in [0, 0.1) is 22.0 Å². The number of hydrogen-bond acceptors (Lipinski definition) is 8. The molecule has 2 fully saturated rings. The summed E-state index contributed by atoms with van der Waals surface area (Å²) in [5.41, 5.74) is 0.120. The normalized spacial score (nSPS) is 21.8. The Balaban J connectivity index is 1.86. The van der Waals surface area contributed by atoms with Crippen LogP contribution in [0.1, 0.15) is 6.42 Å². The predicted molar refractivity (Wildman–Crippen MR) is 107 cm³/mol. The van der Waals surface area contributed by atoms with E-state index in [1.807, 2.05) is 16.8 Å². The third-order valence-corrected chi connectivity index (χ3v) is 7.84. The van der Waals surface area contributed by atoms with Gasteiger partial charge in [0.1, 0.15) is 5.69 Å². The molecule has 10 nitrogen and oxygen atoms in total. The lowest BCUT2D eigenvalue weighted by Crippen LogP contribution is -2.47. The van der Waals surface area contributed by atoms with E-state index in [1.165, 1.54) is 16.4 Å². The van der Waals surface area contributed by atoms with Gasteiger partial charge in [0, 0.05) is 64.5 Å². The third-order valence-electron chi connectivity index (χ3n) is 5.94. The van der Waals surface area contributed by atoms with Crippen LogP contribution in [0.25, 0.3) is 0 Å². The van der Waals surface area contributed by atoms with Crippen LogP contribution in [0.4, 0.5) is 11.4 Å². The molecule has 0 saturated carbocycles. The minimum absolute atomic E-state index is 0.0263. The van der Waals surface area contributed by atoms with E-state index in [2.05, 4.69) is 0 Å². The molecule has 2 aliphatic rings. The van der Waals surface area contributed by atoms with Crippen LogP contribution in [0.15, 0.2) is 23.1 Å². The molecular weight excluding hydrogens is 400 g/mol. The van der Waals surface area contributed by atoms with Crippen molar-refractivity contribution in [2.45, 2.75) is 11.3 Å². The number of piperazine rings is 1. The van der Waals surface area contributed by atoms with Gasteiger partial charge in [-0.25, -0.2) is 8.42 Å². The number of likely N-dealkylation sites (N-methyl/N-ethyl adjacent to an activating group) is 1. The Kier molecular flexibility index (Phi) is 6.74. The van der Waals surface area contributed by atoms with Crippen molar-refractivity contribution in [2.75, 3.05) is 64.4 Å². The highest BCUT2D eigenvalue weighted by Crippen LogP contribution is 2.36. The van der Waals surface area contributed by atoms with Gasteiger partial charge in [0.15, 0.2) is 0 Å². The Labute approximate surface area is 170 Å². The molecule has 1 atom stereocenters. The molecule has 11 heteroatoms. The molecular formula is C18H28N4O6S. The summed E-state index contributed by atoms with van der Waals surface area (Å²) in [6.07, 6.45) is 0.699. The van der Waals surface area contributed by atoms with Crippen molar-refractivity contribution in [3.05, 3.63) is 28.3 Å². The largest absolute Gasteiger partial charge is 0.396 e. The summed E-state index contributed by atoms with van der Waals surface area (Å²) in [6, 6.07) is 4.07. The van der Waals surface area contributed by atoms with Crippen molar-refractivity contribution in [2.24, 2.45) is 11.8 Å². The number of nitro benzene ring substituents is 1. The van der Waals surface area contributed by atoms with Crippen LogP contribution in [-0.4, -0.2) is 92.3 Å². The quantitative estimate of drug-likeness (QED) is 0.457. The van der Waals surface area contributed by atoms with Crippen LogP contribution in [0.5, 0.6) is 0 Å². The second-order valence-corrected chi connectivity index (χ2v) is 9.67. The molecule has 2 saturated heterocycles. The van der Waals surface area contributed by atoms with Crippen LogP contribution in [0.2, 0.25) is 0 Å². The van der Waals surface area contributed by atoms with Crippen molar-refractivity contribution in [3.63, 3.8) is 0 Å². The maximum absolute atomic E-state index is 12.9. The Morgan fingerprint density at radius 1 is 1.17 bits per heavy atom. The highest BCUT2D eigenvalue weighted by molar-refractivity contribution is 7.89. The zero-order chi connectivity index (χ0) is 21.2. The molecule has 0 unspecified atom stereocenters. The summed E-state index contributed by atoms with van der Waals surface area (Å²) >= 11 is 0. The smallest absolute Gasteiger partial charge is 0.293 e. The SMILES string of the molecule is CN1CCN(S(=O)(=O)c2ccc(N3CC[C@H](C(CO)CO)C3)c([N+](=O)[O-])c2)CC1. The summed E-state index contributed by atoms with van der Waals surface area (Å²) < 4.78 is 27.2. The molecule has 0 aromatic heterocycles. The van der Waals surface area contributed by atoms with Gasteiger partial charge in [-0.05, 0) is 31.5 Å². The van der Waals surface area contributed by atoms with Crippen LogP contribution in [-0.2, 0) is 10.0 Å². The molecule has 2 N–H and O–H groups in total. The zero-order valence-electron chi connectivity index (χ0n) is 16.5. The van der Waals surface area contributed by atoms with Crippen molar-refractivity contribution in [1.29, 1.82) is 0 Å². The Morgan fingerprint density at radius 3 is 2.41 bits per heavy atom. The van der Waals surface area contributed by atoms with Gasteiger partial charge in [0.25, 0.3) is 5.69 Å². The molecule has 0 bridgehead atoms. The summed E-state index contributed by atoms with van der Waals surface area (Å²) in [6.45, 7) is 2.68. The molecule has 162 valence electrons. The predicted octanol–water partition coefficient (Wildman–Crippen LogP) is -0.0420. The first-order chi connectivity index (χ1) is 13.8. The lowest BCUT2D eigenvalue weighted by molar-refractivity contribution is -0.384. The number of benzene rings is 1. The molecule has 29 heavy (non-hydrogen) atoms. The first kappa shape index (κ1) is 21.9. The topological polar surface area (TPSA) is 127 Å². The number of nitrogens with zero attached hydrogens (tertiary/aromatic N) is 4. The number of hydrogen-bond donors (Lipinski definition) is 2. The fraction of sp³-hybridized carbons (Fsp3) is 0.667.